The Morgan fingerprint density at radius 1 is 1.07 bits per heavy atom. The number of unbranched alkanes of at least 4 members (excludes halogenated alkanes) is 1. The van der Waals surface area contributed by atoms with E-state index in [9.17, 15) is 0 Å². The molecule has 170 valence electrons. The molecule has 0 unspecified atom stereocenters. The summed E-state index contributed by atoms with van der Waals surface area (Å²) in [4.78, 5) is 9.48. The molecule has 7 heteroatoms. The van der Waals surface area contributed by atoms with E-state index in [2.05, 4.69) is 39.2 Å². The molecule has 2 aliphatic rings. The first-order chi connectivity index (χ1) is 14.1. The van der Waals surface area contributed by atoms with E-state index in [0.717, 1.165) is 49.4 Å². The van der Waals surface area contributed by atoms with Gasteiger partial charge in [0.15, 0.2) is 17.5 Å². The van der Waals surface area contributed by atoms with Gasteiger partial charge in [0.25, 0.3) is 0 Å². The molecular formula is C23H39IN4O2. The second-order valence-corrected chi connectivity index (χ2v) is 8.35. The maximum atomic E-state index is 5.48. The van der Waals surface area contributed by atoms with Gasteiger partial charge < -0.3 is 24.6 Å². The average molecular weight is 530 g/mol. The number of rotatable bonds is 7. The molecule has 1 saturated heterocycles. The van der Waals surface area contributed by atoms with Crippen LogP contribution in [0.15, 0.2) is 17.1 Å². The SMILES string of the molecule is CN=C(NCCCCN1CCC(C)CC1)N1CCc2cc(OC)c(OC)cc2C1.I. The number of piperidine rings is 1. The Morgan fingerprint density at radius 3 is 2.37 bits per heavy atom. The van der Waals surface area contributed by atoms with Crippen molar-refractivity contribution in [3.05, 3.63) is 23.3 Å². The Labute approximate surface area is 199 Å². The van der Waals surface area contributed by atoms with Crippen LogP contribution in [0.3, 0.4) is 0 Å². The Kier molecular flexibility index (Phi) is 10.5. The fraction of sp³-hybridized carbons (Fsp3) is 0.696. The molecule has 0 amide bonds. The van der Waals surface area contributed by atoms with Gasteiger partial charge >= 0.3 is 0 Å². The van der Waals surface area contributed by atoms with Gasteiger partial charge in [-0.3, -0.25) is 4.99 Å². The lowest BCUT2D eigenvalue weighted by Gasteiger charge is -2.32. The number of benzene rings is 1. The van der Waals surface area contributed by atoms with Crippen molar-refractivity contribution in [3.63, 3.8) is 0 Å². The van der Waals surface area contributed by atoms with Crippen molar-refractivity contribution in [2.45, 2.75) is 45.6 Å². The molecule has 0 atom stereocenters. The topological polar surface area (TPSA) is 49.3 Å². The van der Waals surface area contributed by atoms with Crippen LogP contribution in [-0.4, -0.2) is 69.8 Å². The zero-order valence-corrected chi connectivity index (χ0v) is 21.4. The highest BCUT2D eigenvalue weighted by Crippen LogP contribution is 2.33. The third kappa shape index (κ3) is 6.64. The molecule has 1 aromatic rings. The van der Waals surface area contributed by atoms with Gasteiger partial charge in [0.1, 0.15) is 0 Å². The Bertz CT molecular complexity index is 690. The molecule has 0 radical (unpaired) electrons. The maximum absolute atomic E-state index is 5.48. The summed E-state index contributed by atoms with van der Waals surface area (Å²) in [6.07, 6.45) is 6.14. The summed E-state index contributed by atoms with van der Waals surface area (Å²) in [5.74, 6) is 3.51. The number of hydrogen-bond acceptors (Lipinski definition) is 4. The van der Waals surface area contributed by atoms with Gasteiger partial charge in [0, 0.05) is 26.7 Å². The van der Waals surface area contributed by atoms with Crippen LogP contribution in [0.1, 0.15) is 43.7 Å². The standard InChI is InChI=1S/C23H38N4O2.HI/c1-18-7-12-26(13-8-18)11-6-5-10-25-23(24-2)27-14-9-19-15-21(28-3)22(29-4)16-20(19)17-27;/h15-16,18H,5-14,17H2,1-4H3,(H,24,25);1H. The van der Waals surface area contributed by atoms with E-state index in [1.54, 1.807) is 14.2 Å². The van der Waals surface area contributed by atoms with Crippen LogP contribution in [0, 0.1) is 5.92 Å². The highest BCUT2D eigenvalue weighted by Gasteiger charge is 2.21. The number of nitrogens with zero attached hydrogens (tertiary/aromatic N) is 3. The van der Waals surface area contributed by atoms with E-state index >= 15 is 0 Å². The number of aliphatic imine (C=N–C) groups is 1. The molecule has 1 fully saturated rings. The number of halogens is 1. The molecule has 0 aliphatic carbocycles. The molecule has 1 N–H and O–H groups in total. The van der Waals surface area contributed by atoms with Gasteiger partial charge in [-0.1, -0.05) is 6.92 Å². The molecular weight excluding hydrogens is 491 g/mol. The van der Waals surface area contributed by atoms with Gasteiger partial charge in [-0.2, -0.15) is 0 Å². The Hall–Kier alpha value is -1.22. The van der Waals surface area contributed by atoms with Gasteiger partial charge in [-0.05, 0) is 80.9 Å². The fourth-order valence-corrected chi connectivity index (χ4v) is 4.34. The summed E-state index contributed by atoms with van der Waals surface area (Å²) in [5, 5.41) is 3.57. The van der Waals surface area contributed by atoms with Crippen molar-refractivity contribution in [1.29, 1.82) is 0 Å². The van der Waals surface area contributed by atoms with Crippen LogP contribution in [0.5, 0.6) is 11.5 Å². The summed E-state index contributed by atoms with van der Waals surface area (Å²) in [6.45, 7) is 8.95. The zero-order chi connectivity index (χ0) is 20.6. The van der Waals surface area contributed by atoms with Crippen LogP contribution in [-0.2, 0) is 13.0 Å². The van der Waals surface area contributed by atoms with Crippen molar-refractivity contribution in [3.8, 4) is 11.5 Å². The molecule has 2 aliphatic heterocycles. The first-order valence-corrected chi connectivity index (χ1v) is 11.1. The molecule has 6 nitrogen and oxygen atoms in total. The third-order valence-corrected chi connectivity index (χ3v) is 6.29. The largest absolute Gasteiger partial charge is 0.493 e. The summed E-state index contributed by atoms with van der Waals surface area (Å²) >= 11 is 0. The highest BCUT2D eigenvalue weighted by molar-refractivity contribution is 14.0. The molecule has 30 heavy (non-hydrogen) atoms. The Balaban J connectivity index is 0.00000320. The van der Waals surface area contributed by atoms with E-state index < -0.39 is 0 Å². The van der Waals surface area contributed by atoms with Crippen LogP contribution in [0.4, 0.5) is 0 Å². The number of methoxy groups -OCH3 is 2. The first kappa shape index (κ1) is 25.0. The minimum atomic E-state index is 0. The second-order valence-electron chi connectivity index (χ2n) is 8.35. The van der Waals surface area contributed by atoms with Crippen LogP contribution >= 0.6 is 24.0 Å². The molecule has 0 spiro atoms. The van der Waals surface area contributed by atoms with Crippen molar-refractivity contribution in [1.82, 2.24) is 15.1 Å². The number of likely N-dealkylation sites (tertiary alicyclic amines) is 1. The van der Waals surface area contributed by atoms with E-state index in [1.165, 1.54) is 56.4 Å². The summed E-state index contributed by atoms with van der Waals surface area (Å²) < 4.78 is 10.9. The van der Waals surface area contributed by atoms with E-state index in [0.29, 0.717) is 0 Å². The van der Waals surface area contributed by atoms with E-state index in [4.69, 9.17) is 9.47 Å². The minimum Gasteiger partial charge on any atom is -0.493 e. The van der Waals surface area contributed by atoms with Crippen molar-refractivity contribution < 1.29 is 9.47 Å². The second kappa shape index (κ2) is 12.6. The van der Waals surface area contributed by atoms with Gasteiger partial charge in [-0.25, -0.2) is 0 Å². The minimum absolute atomic E-state index is 0. The lowest BCUT2D eigenvalue weighted by atomic mass is 9.99. The molecule has 0 bridgehead atoms. The first-order valence-electron chi connectivity index (χ1n) is 11.1. The molecule has 0 aromatic heterocycles. The van der Waals surface area contributed by atoms with Crippen LogP contribution < -0.4 is 14.8 Å². The summed E-state index contributed by atoms with van der Waals surface area (Å²) in [6, 6.07) is 4.22. The fourth-order valence-electron chi connectivity index (χ4n) is 4.34. The van der Waals surface area contributed by atoms with Gasteiger partial charge in [0.2, 0.25) is 0 Å². The number of guanidine groups is 1. The average Bonchev–Trinajstić information content (AvgIpc) is 2.76. The molecule has 3 rings (SSSR count). The lowest BCUT2D eigenvalue weighted by Crippen LogP contribution is -2.44. The Morgan fingerprint density at radius 2 is 1.73 bits per heavy atom. The van der Waals surface area contributed by atoms with Crippen molar-refractivity contribution in [2.75, 3.05) is 54.0 Å². The smallest absolute Gasteiger partial charge is 0.193 e. The van der Waals surface area contributed by atoms with Crippen molar-refractivity contribution >= 4 is 29.9 Å². The quantitative estimate of drug-likeness (QED) is 0.252. The van der Waals surface area contributed by atoms with Gasteiger partial charge in [0.05, 0.1) is 14.2 Å². The number of hydrogen-bond donors (Lipinski definition) is 1. The highest BCUT2D eigenvalue weighted by atomic mass is 127. The summed E-state index contributed by atoms with van der Waals surface area (Å²) in [5.41, 5.74) is 2.63. The molecule has 2 heterocycles. The van der Waals surface area contributed by atoms with Crippen LogP contribution in [0.2, 0.25) is 0 Å². The molecule has 0 saturated carbocycles. The van der Waals surface area contributed by atoms with Gasteiger partial charge in [-0.15, -0.1) is 24.0 Å². The third-order valence-electron chi connectivity index (χ3n) is 6.29. The van der Waals surface area contributed by atoms with E-state index in [1.807, 2.05) is 7.05 Å². The van der Waals surface area contributed by atoms with E-state index in [-0.39, 0.29) is 24.0 Å². The predicted molar refractivity (Wildman–Crippen MR) is 135 cm³/mol. The predicted octanol–water partition coefficient (Wildman–Crippen LogP) is 3.77. The molecule has 1 aromatic carbocycles. The lowest BCUT2D eigenvalue weighted by molar-refractivity contribution is 0.189. The van der Waals surface area contributed by atoms with Crippen LogP contribution in [0.25, 0.3) is 0 Å². The monoisotopic (exact) mass is 530 g/mol. The van der Waals surface area contributed by atoms with Crippen molar-refractivity contribution in [2.24, 2.45) is 10.9 Å². The summed E-state index contributed by atoms with van der Waals surface area (Å²) in [7, 11) is 5.26. The number of nitrogens with one attached hydrogen (secondary N) is 1. The zero-order valence-electron chi connectivity index (χ0n) is 19.1. The number of fused-ring (bicyclic) bond motifs is 1. The maximum Gasteiger partial charge on any atom is 0.193 e. The number of ether oxygens (including phenoxy) is 2. The normalized spacial score (nSPS) is 17.9.